The number of pyridine rings is 1. The standard InChI is InChI=1S/C15H16NO2/c17-15-10-14(11-6-2-1-3-7-11)16(18)13-9-5-4-8-12(13)15/h1-3,6,10-11H,4-5,7-9H2/q-1. The normalized spacial score (nSPS) is 21.9. The zero-order valence-corrected chi connectivity index (χ0v) is 10.3. The van der Waals surface area contributed by atoms with E-state index in [1.165, 1.54) is 0 Å². The Bertz CT molecular complexity index is 581. The number of fused-ring (bicyclic) bond motifs is 1. The van der Waals surface area contributed by atoms with Crippen molar-refractivity contribution in [2.45, 2.75) is 38.0 Å². The lowest BCUT2D eigenvalue weighted by Gasteiger charge is -2.30. The second-order valence-corrected chi connectivity index (χ2v) is 5.02. The van der Waals surface area contributed by atoms with Crippen molar-refractivity contribution >= 4 is 0 Å². The minimum atomic E-state index is 0.0485. The van der Waals surface area contributed by atoms with E-state index in [0.29, 0.717) is 11.4 Å². The molecule has 1 heterocycles. The summed E-state index contributed by atoms with van der Waals surface area (Å²) in [5, 5.41) is 12.4. The van der Waals surface area contributed by atoms with E-state index in [1.54, 1.807) is 6.07 Å². The molecule has 0 radical (unpaired) electrons. The molecule has 18 heavy (non-hydrogen) atoms. The Balaban J connectivity index is 2.11. The van der Waals surface area contributed by atoms with Gasteiger partial charge in [-0.2, -0.15) is 0 Å². The van der Waals surface area contributed by atoms with Crippen molar-refractivity contribution < 1.29 is 0 Å². The molecule has 3 rings (SSSR count). The van der Waals surface area contributed by atoms with Gasteiger partial charge >= 0.3 is 0 Å². The summed E-state index contributed by atoms with van der Waals surface area (Å²) in [7, 11) is 0. The lowest BCUT2D eigenvalue weighted by molar-refractivity contribution is 0.627. The third-order valence-electron chi connectivity index (χ3n) is 3.86. The third-order valence-corrected chi connectivity index (χ3v) is 3.86. The average molecular weight is 242 g/mol. The van der Waals surface area contributed by atoms with Crippen LogP contribution in [-0.2, 0) is 12.8 Å². The first-order valence-electron chi connectivity index (χ1n) is 6.56. The van der Waals surface area contributed by atoms with E-state index in [2.05, 4.69) is 0 Å². The van der Waals surface area contributed by atoms with Gasteiger partial charge in [-0.3, -0.25) is 4.79 Å². The lowest BCUT2D eigenvalue weighted by atomic mass is 9.91. The fourth-order valence-electron chi connectivity index (χ4n) is 2.87. The van der Waals surface area contributed by atoms with Crippen LogP contribution in [0.5, 0.6) is 0 Å². The highest BCUT2D eigenvalue weighted by Crippen LogP contribution is 2.27. The zero-order chi connectivity index (χ0) is 12.5. The summed E-state index contributed by atoms with van der Waals surface area (Å²) in [4.78, 5) is 12.1. The van der Waals surface area contributed by atoms with Gasteiger partial charge in [0.1, 0.15) is 0 Å². The SMILES string of the molecule is O=c1cc(C2C=CC=CC2)n([O-])c2c1CCCC2. The molecule has 0 aliphatic heterocycles. The monoisotopic (exact) mass is 242 g/mol. The van der Waals surface area contributed by atoms with Crippen LogP contribution in [0.4, 0.5) is 0 Å². The first kappa shape index (κ1) is 11.3. The molecule has 0 saturated heterocycles. The summed E-state index contributed by atoms with van der Waals surface area (Å²) in [5.41, 5.74) is 2.12. The molecule has 0 amide bonds. The molecule has 0 spiro atoms. The number of allylic oxidation sites excluding steroid dienone is 4. The molecular formula is C15H16NO2-. The van der Waals surface area contributed by atoms with Gasteiger partial charge in [0.05, 0.1) is 0 Å². The van der Waals surface area contributed by atoms with Crippen molar-refractivity contribution in [1.82, 2.24) is 4.73 Å². The molecule has 0 fully saturated rings. The largest absolute Gasteiger partial charge is 0.806 e. The van der Waals surface area contributed by atoms with Gasteiger partial charge < -0.3 is 9.94 Å². The van der Waals surface area contributed by atoms with Crippen LogP contribution >= 0.6 is 0 Å². The number of hydrogen-bond acceptors (Lipinski definition) is 2. The van der Waals surface area contributed by atoms with E-state index in [-0.39, 0.29) is 11.3 Å². The molecular weight excluding hydrogens is 226 g/mol. The Hall–Kier alpha value is -1.77. The van der Waals surface area contributed by atoms with Gasteiger partial charge in [0.2, 0.25) is 0 Å². The molecule has 1 aromatic rings. The fraction of sp³-hybridized carbons (Fsp3) is 0.400. The average Bonchev–Trinajstić information content (AvgIpc) is 2.44. The summed E-state index contributed by atoms with van der Waals surface area (Å²) in [6, 6.07) is 1.55. The van der Waals surface area contributed by atoms with Crippen molar-refractivity contribution in [3.63, 3.8) is 0 Å². The van der Waals surface area contributed by atoms with Gasteiger partial charge in [0.25, 0.3) is 0 Å². The second kappa shape index (κ2) is 4.48. The van der Waals surface area contributed by atoms with E-state index < -0.39 is 0 Å². The predicted molar refractivity (Wildman–Crippen MR) is 71.7 cm³/mol. The molecule has 94 valence electrons. The number of aromatic nitrogens is 1. The van der Waals surface area contributed by atoms with Crippen LogP contribution in [0.1, 0.15) is 42.1 Å². The Morgan fingerprint density at radius 3 is 2.83 bits per heavy atom. The van der Waals surface area contributed by atoms with Crippen molar-refractivity contribution in [2.24, 2.45) is 0 Å². The predicted octanol–water partition coefficient (Wildman–Crippen LogP) is 2.67. The molecule has 1 unspecified atom stereocenters. The molecule has 1 aromatic heterocycles. The summed E-state index contributed by atoms with van der Waals surface area (Å²) in [6.45, 7) is 0. The Kier molecular flexibility index (Phi) is 2.82. The Morgan fingerprint density at radius 1 is 1.22 bits per heavy atom. The van der Waals surface area contributed by atoms with Crippen molar-refractivity contribution in [3.05, 3.63) is 62.8 Å². The van der Waals surface area contributed by atoms with Gasteiger partial charge in [-0.25, -0.2) is 0 Å². The fourth-order valence-corrected chi connectivity index (χ4v) is 2.87. The lowest BCUT2D eigenvalue weighted by Crippen LogP contribution is -2.24. The summed E-state index contributed by atoms with van der Waals surface area (Å²) in [6.07, 6.45) is 12.3. The summed E-state index contributed by atoms with van der Waals surface area (Å²) in [5.74, 6) is 0.0485. The summed E-state index contributed by atoms with van der Waals surface area (Å²) >= 11 is 0. The second-order valence-electron chi connectivity index (χ2n) is 5.02. The highest BCUT2D eigenvalue weighted by molar-refractivity contribution is 5.33. The molecule has 2 aliphatic carbocycles. The maximum atomic E-state index is 12.4. The minimum Gasteiger partial charge on any atom is -0.806 e. The molecule has 0 bridgehead atoms. The Labute approximate surface area is 106 Å². The molecule has 3 heteroatoms. The van der Waals surface area contributed by atoms with Crippen molar-refractivity contribution in [2.75, 3.05) is 0 Å². The van der Waals surface area contributed by atoms with Gasteiger partial charge in [-0.15, -0.1) is 0 Å². The van der Waals surface area contributed by atoms with E-state index in [9.17, 15) is 10.0 Å². The third kappa shape index (κ3) is 1.80. The molecule has 0 aromatic carbocycles. The van der Waals surface area contributed by atoms with Gasteiger partial charge in [-0.1, -0.05) is 24.3 Å². The first-order chi connectivity index (χ1) is 8.77. The molecule has 2 aliphatic rings. The maximum absolute atomic E-state index is 12.4. The topological polar surface area (TPSA) is 45.1 Å². The van der Waals surface area contributed by atoms with Crippen LogP contribution in [0, 0.1) is 5.21 Å². The quantitative estimate of drug-likeness (QED) is 0.760. The Morgan fingerprint density at radius 2 is 2.06 bits per heavy atom. The maximum Gasteiger partial charge on any atom is 0.185 e. The van der Waals surface area contributed by atoms with Crippen LogP contribution in [0.25, 0.3) is 0 Å². The van der Waals surface area contributed by atoms with Crippen LogP contribution in [0.2, 0.25) is 0 Å². The van der Waals surface area contributed by atoms with Gasteiger partial charge in [0, 0.05) is 28.9 Å². The molecule has 0 N–H and O–H groups in total. The van der Waals surface area contributed by atoms with E-state index in [4.69, 9.17) is 0 Å². The minimum absolute atomic E-state index is 0.0485. The van der Waals surface area contributed by atoms with E-state index >= 15 is 0 Å². The van der Waals surface area contributed by atoms with Gasteiger partial charge in [0.15, 0.2) is 5.43 Å². The molecule has 1 atom stereocenters. The van der Waals surface area contributed by atoms with Crippen molar-refractivity contribution in [1.29, 1.82) is 0 Å². The first-order valence-corrected chi connectivity index (χ1v) is 6.56. The van der Waals surface area contributed by atoms with Gasteiger partial charge in [-0.05, 0) is 32.1 Å². The van der Waals surface area contributed by atoms with Crippen LogP contribution in [-0.4, -0.2) is 4.73 Å². The number of nitrogens with zero attached hydrogens (tertiary/aromatic N) is 1. The zero-order valence-electron chi connectivity index (χ0n) is 10.3. The number of rotatable bonds is 1. The molecule has 3 nitrogen and oxygen atoms in total. The van der Waals surface area contributed by atoms with Crippen LogP contribution in [0.15, 0.2) is 35.2 Å². The number of hydrogen-bond donors (Lipinski definition) is 0. The molecule has 0 saturated carbocycles. The van der Waals surface area contributed by atoms with E-state index in [1.807, 2.05) is 24.3 Å². The van der Waals surface area contributed by atoms with Crippen LogP contribution < -0.4 is 5.43 Å². The van der Waals surface area contributed by atoms with Crippen LogP contribution in [0.3, 0.4) is 0 Å². The van der Waals surface area contributed by atoms with E-state index in [0.717, 1.165) is 42.4 Å². The summed E-state index contributed by atoms with van der Waals surface area (Å²) < 4.78 is 1.02. The van der Waals surface area contributed by atoms with Crippen molar-refractivity contribution in [3.8, 4) is 0 Å². The highest BCUT2D eigenvalue weighted by atomic mass is 16.5. The highest BCUT2D eigenvalue weighted by Gasteiger charge is 2.18. The smallest absolute Gasteiger partial charge is 0.185 e.